The van der Waals surface area contributed by atoms with Gasteiger partial charge < -0.3 is 4.74 Å². The zero-order valence-electron chi connectivity index (χ0n) is 10.0. The fourth-order valence-corrected chi connectivity index (χ4v) is 3.24. The van der Waals surface area contributed by atoms with Gasteiger partial charge in [0, 0.05) is 0 Å². The van der Waals surface area contributed by atoms with E-state index in [4.69, 9.17) is 4.74 Å². The number of rotatable bonds is 3. The minimum absolute atomic E-state index is 0.152. The first kappa shape index (κ1) is 11.6. The smallest absolute Gasteiger partial charge is 0.318 e. The van der Waals surface area contributed by atoms with Crippen molar-refractivity contribution < 1.29 is 18.3 Å². The molecule has 0 unspecified atom stereocenters. The standard InChI is InChI=1S/C14H14F2O2/c1-2-18-12(17)13-8-10(13)11(14(13,15)16)9-6-4-3-5-7-9/h3-7,10-11H,2,8H2,1H3/t10-,11-,13-/m1/s1. The maximum absolute atomic E-state index is 14.3. The van der Waals surface area contributed by atoms with Crippen LogP contribution >= 0.6 is 0 Å². The number of benzene rings is 1. The van der Waals surface area contributed by atoms with Crippen LogP contribution in [0.3, 0.4) is 0 Å². The minimum Gasteiger partial charge on any atom is -0.465 e. The van der Waals surface area contributed by atoms with Crippen LogP contribution in [0.4, 0.5) is 8.78 Å². The molecule has 0 heterocycles. The fraction of sp³-hybridized carbons (Fsp3) is 0.500. The Morgan fingerprint density at radius 2 is 2.06 bits per heavy atom. The second-order valence-electron chi connectivity index (χ2n) is 5.01. The summed E-state index contributed by atoms with van der Waals surface area (Å²) < 4.78 is 33.3. The summed E-state index contributed by atoms with van der Waals surface area (Å²) in [5, 5.41) is 0. The van der Waals surface area contributed by atoms with Crippen LogP contribution in [0.1, 0.15) is 24.8 Å². The number of ether oxygens (including phenoxy) is 1. The Morgan fingerprint density at radius 3 is 2.61 bits per heavy atom. The third-order valence-electron chi connectivity index (χ3n) is 4.20. The molecule has 4 heteroatoms. The molecule has 2 fully saturated rings. The van der Waals surface area contributed by atoms with Crippen LogP contribution in [0.5, 0.6) is 0 Å². The van der Waals surface area contributed by atoms with Crippen LogP contribution in [-0.2, 0) is 9.53 Å². The lowest BCUT2D eigenvalue weighted by Crippen LogP contribution is -2.53. The second kappa shape index (κ2) is 3.53. The molecule has 2 nitrogen and oxygen atoms in total. The van der Waals surface area contributed by atoms with Crippen molar-refractivity contribution in [2.45, 2.75) is 25.2 Å². The summed E-state index contributed by atoms with van der Waals surface area (Å²) in [5.74, 6) is -4.80. The topological polar surface area (TPSA) is 26.3 Å². The van der Waals surface area contributed by atoms with E-state index >= 15 is 0 Å². The number of hydrogen-bond donors (Lipinski definition) is 0. The summed E-state index contributed by atoms with van der Waals surface area (Å²) in [6, 6.07) is 8.69. The molecule has 96 valence electrons. The van der Waals surface area contributed by atoms with E-state index in [-0.39, 0.29) is 18.9 Å². The Bertz CT molecular complexity index is 486. The van der Waals surface area contributed by atoms with Crippen LogP contribution in [0.2, 0.25) is 0 Å². The zero-order chi connectivity index (χ0) is 13.0. The van der Waals surface area contributed by atoms with Crippen LogP contribution in [0, 0.1) is 11.3 Å². The van der Waals surface area contributed by atoms with E-state index in [1.54, 1.807) is 37.3 Å². The molecule has 0 radical (unpaired) electrons. The summed E-state index contributed by atoms with van der Waals surface area (Å²) >= 11 is 0. The molecule has 0 saturated heterocycles. The molecule has 0 N–H and O–H groups in total. The average molecular weight is 252 g/mol. The highest BCUT2D eigenvalue weighted by Gasteiger charge is 2.89. The molecule has 0 bridgehead atoms. The molecule has 0 amide bonds. The van der Waals surface area contributed by atoms with E-state index in [0.29, 0.717) is 5.56 Å². The maximum Gasteiger partial charge on any atom is 0.318 e. The SMILES string of the molecule is CCOC(=O)[C@@]12C[C@@H]1[C@@H](c1ccccc1)C2(F)F. The van der Waals surface area contributed by atoms with E-state index in [1.165, 1.54) is 0 Å². The van der Waals surface area contributed by atoms with Crippen molar-refractivity contribution in [1.29, 1.82) is 0 Å². The fourth-order valence-electron chi connectivity index (χ4n) is 3.24. The van der Waals surface area contributed by atoms with Crippen molar-refractivity contribution in [2.24, 2.45) is 11.3 Å². The van der Waals surface area contributed by atoms with Gasteiger partial charge in [0.25, 0.3) is 5.92 Å². The molecule has 2 aliphatic carbocycles. The monoisotopic (exact) mass is 252 g/mol. The van der Waals surface area contributed by atoms with Gasteiger partial charge in [-0.3, -0.25) is 4.79 Å². The van der Waals surface area contributed by atoms with E-state index in [1.807, 2.05) is 0 Å². The van der Waals surface area contributed by atoms with Crippen LogP contribution in [-0.4, -0.2) is 18.5 Å². The third kappa shape index (κ3) is 1.18. The predicted octanol–water partition coefficient (Wildman–Crippen LogP) is 2.99. The first-order valence-corrected chi connectivity index (χ1v) is 6.15. The van der Waals surface area contributed by atoms with Gasteiger partial charge in [0.05, 0.1) is 12.5 Å². The predicted molar refractivity (Wildman–Crippen MR) is 61.3 cm³/mol. The van der Waals surface area contributed by atoms with E-state index in [2.05, 4.69) is 0 Å². The van der Waals surface area contributed by atoms with Crippen molar-refractivity contribution >= 4 is 5.97 Å². The maximum atomic E-state index is 14.3. The van der Waals surface area contributed by atoms with Crippen molar-refractivity contribution in [3.63, 3.8) is 0 Å². The minimum atomic E-state index is -2.98. The third-order valence-corrected chi connectivity index (χ3v) is 4.20. The van der Waals surface area contributed by atoms with Crippen LogP contribution in [0.25, 0.3) is 0 Å². The highest BCUT2D eigenvalue weighted by Crippen LogP contribution is 2.81. The molecule has 2 aliphatic rings. The Kier molecular flexibility index (Phi) is 2.28. The number of halogens is 2. The Labute approximate surface area is 104 Å². The normalized spacial score (nSPS) is 35.3. The molecular weight excluding hydrogens is 238 g/mol. The summed E-state index contributed by atoms with van der Waals surface area (Å²) in [7, 11) is 0. The Morgan fingerprint density at radius 1 is 1.39 bits per heavy atom. The van der Waals surface area contributed by atoms with E-state index in [0.717, 1.165) is 0 Å². The van der Waals surface area contributed by atoms with Gasteiger partial charge in [0.2, 0.25) is 0 Å². The van der Waals surface area contributed by atoms with E-state index in [9.17, 15) is 13.6 Å². The lowest BCUT2D eigenvalue weighted by atomic mass is 9.67. The highest BCUT2D eigenvalue weighted by atomic mass is 19.3. The first-order chi connectivity index (χ1) is 8.55. The van der Waals surface area contributed by atoms with Gasteiger partial charge in [-0.25, -0.2) is 8.78 Å². The van der Waals surface area contributed by atoms with Gasteiger partial charge in [0.1, 0.15) is 5.41 Å². The van der Waals surface area contributed by atoms with Crippen molar-refractivity contribution in [3.05, 3.63) is 35.9 Å². The summed E-state index contributed by atoms with van der Waals surface area (Å²) in [6.07, 6.45) is 0.248. The largest absolute Gasteiger partial charge is 0.465 e. The number of carbonyl (C=O) groups excluding carboxylic acids is 1. The molecule has 1 aromatic rings. The van der Waals surface area contributed by atoms with Gasteiger partial charge in [-0.05, 0) is 24.8 Å². The van der Waals surface area contributed by atoms with Crippen LogP contribution in [0.15, 0.2) is 30.3 Å². The van der Waals surface area contributed by atoms with Gasteiger partial charge in [-0.15, -0.1) is 0 Å². The first-order valence-electron chi connectivity index (χ1n) is 6.15. The quantitative estimate of drug-likeness (QED) is 0.773. The molecule has 18 heavy (non-hydrogen) atoms. The molecule has 1 aromatic carbocycles. The average Bonchev–Trinajstić information content (AvgIpc) is 3.03. The molecule has 3 rings (SSSR count). The van der Waals surface area contributed by atoms with E-state index < -0.39 is 23.2 Å². The Balaban J connectivity index is 1.87. The molecule has 2 saturated carbocycles. The van der Waals surface area contributed by atoms with Crippen LogP contribution < -0.4 is 0 Å². The van der Waals surface area contributed by atoms with Gasteiger partial charge in [0.15, 0.2) is 0 Å². The molecule has 3 atom stereocenters. The molecule has 0 aromatic heterocycles. The molecule has 0 spiro atoms. The zero-order valence-corrected chi connectivity index (χ0v) is 10.0. The highest BCUT2D eigenvalue weighted by molar-refractivity contribution is 5.85. The molecular formula is C14H14F2O2. The summed E-state index contributed by atoms with van der Waals surface area (Å²) in [5.41, 5.74) is -0.909. The Hall–Kier alpha value is -1.45. The number of carbonyl (C=O) groups is 1. The van der Waals surface area contributed by atoms with Crippen molar-refractivity contribution in [3.8, 4) is 0 Å². The lowest BCUT2D eigenvalue weighted by molar-refractivity contribution is -0.198. The number of esters is 1. The van der Waals surface area contributed by atoms with Crippen molar-refractivity contribution in [2.75, 3.05) is 6.61 Å². The van der Waals surface area contributed by atoms with Gasteiger partial charge in [-0.1, -0.05) is 30.3 Å². The van der Waals surface area contributed by atoms with Crippen molar-refractivity contribution in [1.82, 2.24) is 0 Å². The lowest BCUT2D eigenvalue weighted by Gasteiger charge is -2.42. The summed E-state index contributed by atoms with van der Waals surface area (Å²) in [4.78, 5) is 11.7. The number of hydrogen-bond acceptors (Lipinski definition) is 2. The van der Waals surface area contributed by atoms with Gasteiger partial charge >= 0.3 is 5.97 Å². The summed E-state index contributed by atoms with van der Waals surface area (Å²) in [6.45, 7) is 1.79. The number of alkyl halides is 2. The van der Waals surface area contributed by atoms with Gasteiger partial charge in [-0.2, -0.15) is 0 Å². The molecule has 0 aliphatic heterocycles. The number of fused-ring (bicyclic) bond motifs is 1. The second-order valence-corrected chi connectivity index (χ2v) is 5.01.